The highest BCUT2D eigenvalue weighted by Crippen LogP contribution is 2.25. The molecule has 0 aliphatic heterocycles. The number of phenolic OH excluding ortho intramolecular Hbond substituents is 1. The number of benzene rings is 3. The number of fused-ring (bicyclic) bond motifs is 1. The van der Waals surface area contributed by atoms with Crippen molar-refractivity contribution in [3.05, 3.63) is 103 Å². The van der Waals surface area contributed by atoms with E-state index in [0.717, 1.165) is 10.8 Å². The number of carbonyl (C=O) groups excluding carboxylic acids is 1. The van der Waals surface area contributed by atoms with Crippen LogP contribution in [0.4, 0.5) is 5.95 Å². The van der Waals surface area contributed by atoms with E-state index in [-0.39, 0.29) is 22.2 Å². The van der Waals surface area contributed by atoms with E-state index >= 15 is 0 Å². The molecule has 0 aliphatic carbocycles. The van der Waals surface area contributed by atoms with Crippen molar-refractivity contribution in [1.82, 2.24) is 15.4 Å². The highest BCUT2D eigenvalue weighted by atomic mass is 32.2. The van der Waals surface area contributed by atoms with Crippen molar-refractivity contribution in [3.8, 4) is 17.1 Å². The lowest BCUT2D eigenvalue weighted by atomic mass is 10.1. The number of nitrogens with zero attached hydrogens (tertiary/aromatic N) is 3. The number of phenols is 1. The Morgan fingerprint density at radius 2 is 1.62 bits per heavy atom. The van der Waals surface area contributed by atoms with Crippen LogP contribution in [0.25, 0.3) is 22.1 Å². The van der Waals surface area contributed by atoms with E-state index in [0.29, 0.717) is 17.1 Å². The molecule has 11 heteroatoms. The molecule has 0 bridgehead atoms. The van der Waals surface area contributed by atoms with Crippen LogP contribution in [-0.2, 0) is 10.0 Å². The van der Waals surface area contributed by atoms with Gasteiger partial charge in [-0.1, -0.05) is 24.3 Å². The highest BCUT2D eigenvalue weighted by molar-refractivity contribution is 7.92. The van der Waals surface area contributed by atoms with Gasteiger partial charge in [0.05, 0.1) is 16.7 Å². The Morgan fingerprint density at radius 3 is 2.35 bits per heavy atom. The second-order valence-electron chi connectivity index (χ2n) is 7.82. The maximum atomic E-state index is 12.5. The Morgan fingerprint density at radius 1 is 0.919 bits per heavy atom. The van der Waals surface area contributed by atoms with Gasteiger partial charge in [-0.05, 0) is 65.4 Å². The largest absolute Gasteiger partial charge is 0.507 e. The molecule has 5 aromatic rings. The van der Waals surface area contributed by atoms with Crippen LogP contribution in [0, 0.1) is 0 Å². The highest BCUT2D eigenvalue weighted by Gasteiger charge is 2.16. The van der Waals surface area contributed by atoms with Gasteiger partial charge in [0.1, 0.15) is 17.3 Å². The molecule has 3 aromatic carbocycles. The molecule has 0 atom stereocenters. The van der Waals surface area contributed by atoms with Gasteiger partial charge >= 0.3 is 0 Å². The number of aromatic nitrogens is 2. The molecule has 0 aliphatic rings. The van der Waals surface area contributed by atoms with Crippen molar-refractivity contribution in [2.75, 3.05) is 4.72 Å². The summed E-state index contributed by atoms with van der Waals surface area (Å²) in [4.78, 5) is 20.2. The fourth-order valence-corrected chi connectivity index (χ4v) is 4.49. The Labute approximate surface area is 211 Å². The SMILES string of the molecule is O=C(N/N=C\c1ccc(-c2ccc(S(=O)(=O)Nc3ncccn3)cc2)o1)c1cc2ccccc2cc1O. The summed E-state index contributed by atoms with van der Waals surface area (Å²) in [6.45, 7) is 0. The maximum Gasteiger partial charge on any atom is 0.275 e. The van der Waals surface area contributed by atoms with Crippen molar-refractivity contribution in [2.45, 2.75) is 4.90 Å². The Kier molecular flexibility index (Phi) is 6.35. The summed E-state index contributed by atoms with van der Waals surface area (Å²) in [6, 6.07) is 21.5. The van der Waals surface area contributed by atoms with Crippen LogP contribution < -0.4 is 10.1 Å². The molecule has 3 N–H and O–H groups in total. The zero-order valence-electron chi connectivity index (χ0n) is 19.1. The third-order valence-corrected chi connectivity index (χ3v) is 6.68. The van der Waals surface area contributed by atoms with Crippen molar-refractivity contribution < 1.29 is 22.7 Å². The minimum atomic E-state index is -3.85. The molecule has 0 radical (unpaired) electrons. The Bertz CT molecular complexity index is 1720. The van der Waals surface area contributed by atoms with E-state index < -0.39 is 15.9 Å². The number of sulfonamides is 1. The molecule has 1 amide bonds. The zero-order chi connectivity index (χ0) is 25.8. The fourth-order valence-electron chi connectivity index (χ4n) is 3.53. The van der Waals surface area contributed by atoms with Gasteiger partial charge in [0.15, 0.2) is 0 Å². The summed E-state index contributed by atoms with van der Waals surface area (Å²) in [5.41, 5.74) is 3.11. The first-order valence-electron chi connectivity index (χ1n) is 10.9. The average Bonchev–Trinajstić information content (AvgIpc) is 3.37. The maximum absolute atomic E-state index is 12.5. The van der Waals surface area contributed by atoms with Gasteiger partial charge in [-0.25, -0.2) is 28.5 Å². The standard InChI is InChI=1S/C26H19N5O5S/c32-23-15-19-5-2-1-4-18(19)14-22(23)25(33)30-29-16-20-8-11-24(36-20)17-6-9-21(10-7-17)37(34,35)31-26-27-12-3-13-28-26/h1-16,32H,(H,30,33)(H,27,28,31)/b29-16-. The first kappa shape index (κ1) is 23.7. The molecule has 37 heavy (non-hydrogen) atoms. The molecular weight excluding hydrogens is 494 g/mol. The number of hydrazone groups is 1. The van der Waals surface area contributed by atoms with Crippen molar-refractivity contribution in [3.63, 3.8) is 0 Å². The summed E-state index contributed by atoms with van der Waals surface area (Å²) in [7, 11) is -3.85. The van der Waals surface area contributed by atoms with Gasteiger partial charge in [0.25, 0.3) is 15.9 Å². The quantitative estimate of drug-likeness (QED) is 0.219. The monoisotopic (exact) mass is 513 g/mol. The lowest BCUT2D eigenvalue weighted by Crippen LogP contribution is -2.17. The molecule has 184 valence electrons. The molecule has 0 saturated carbocycles. The minimum absolute atomic E-state index is 0.0236. The van der Waals surface area contributed by atoms with Crippen LogP contribution in [0.3, 0.4) is 0 Å². The van der Waals surface area contributed by atoms with Crippen LogP contribution in [0.5, 0.6) is 5.75 Å². The van der Waals surface area contributed by atoms with E-state index in [9.17, 15) is 18.3 Å². The molecule has 2 heterocycles. The predicted molar refractivity (Wildman–Crippen MR) is 138 cm³/mol. The summed E-state index contributed by atoms with van der Waals surface area (Å²) in [5.74, 6) is 0.0894. The predicted octanol–water partition coefficient (Wildman–Crippen LogP) is 4.16. The van der Waals surface area contributed by atoms with E-state index in [1.54, 1.807) is 36.4 Å². The number of furan rings is 1. The number of rotatable bonds is 7. The molecule has 0 saturated heterocycles. The fraction of sp³-hybridized carbons (Fsp3) is 0. The lowest BCUT2D eigenvalue weighted by molar-refractivity contribution is 0.0952. The van der Waals surface area contributed by atoms with Gasteiger partial charge in [-0.15, -0.1) is 0 Å². The molecule has 0 spiro atoms. The van der Waals surface area contributed by atoms with Gasteiger partial charge in [-0.2, -0.15) is 5.10 Å². The van der Waals surface area contributed by atoms with Crippen LogP contribution >= 0.6 is 0 Å². The lowest BCUT2D eigenvalue weighted by Gasteiger charge is -2.06. The third-order valence-electron chi connectivity index (χ3n) is 5.33. The number of hydrogen-bond donors (Lipinski definition) is 3. The number of aromatic hydroxyl groups is 1. The Balaban J connectivity index is 1.25. The van der Waals surface area contributed by atoms with Crippen LogP contribution in [-0.4, -0.2) is 35.6 Å². The molecule has 5 rings (SSSR count). The normalized spacial score (nSPS) is 11.6. The number of hydrogen-bond acceptors (Lipinski definition) is 8. The summed E-state index contributed by atoms with van der Waals surface area (Å²) < 4.78 is 33.1. The first-order chi connectivity index (χ1) is 17.9. The number of carbonyl (C=O) groups is 1. The summed E-state index contributed by atoms with van der Waals surface area (Å²) in [6.07, 6.45) is 4.19. The van der Waals surface area contributed by atoms with Gasteiger partial charge < -0.3 is 9.52 Å². The third kappa shape index (κ3) is 5.31. The summed E-state index contributed by atoms with van der Waals surface area (Å²) in [5, 5.41) is 15.7. The van der Waals surface area contributed by atoms with E-state index in [4.69, 9.17) is 4.42 Å². The van der Waals surface area contributed by atoms with Gasteiger partial charge in [-0.3, -0.25) is 4.79 Å². The van der Waals surface area contributed by atoms with E-state index in [2.05, 4.69) is 25.2 Å². The molecular formula is C26H19N5O5S. The van der Waals surface area contributed by atoms with Crippen LogP contribution in [0.1, 0.15) is 16.1 Å². The second-order valence-corrected chi connectivity index (χ2v) is 9.50. The average molecular weight is 514 g/mol. The molecule has 2 aromatic heterocycles. The topological polar surface area (TPSA) is 147 Å². The Hall–Kier alpha value is -5.03. The van der Waals surface area contributed by atoms with E-state index in [1.165, 1.54) is 36.8 Å². The van der Waals surface area contributed by atoms with Crippen LogP contribution in [0.2, 0.25) is 0 Å². The van der Waals surface area contributed by atoms with Crippen molar-refractivity contribution in [1.29, 1.82) is 0 Å². The van der Waals surface area contributed by atoms with Crippen molar-refractivity contribution >= 4 is 38.9 Å². The second kappa shape index (κ2) is 9.91. The van der Waals surface area contributed by atoms with Crippen molar-refractivity contribution in [2.24, 2.45) is 5.10 Å². The molecule has 0 unspecified atom stereocenters. The minimum Gasteiger partial charge on any atom is -0.507 e. The summed E-state index contributed by atoms with van der Waals surface area (Å²) >= 11 is 0. The molecule has 10 nitrogen and oxygen atoms in total. The zero-order valence-corrected chi connectivity index (χ0v) is 19.9. The van der Waals surface area contributed by atoms with Gasteiger partial charge in [0, 0.05) is 18.0 Å². The first-order valence-corrected chi connectivity index (χ1v) is 12.4. The van der Waals surface area contributed by atoms with Gasteiger partial charge in [0.2, 0.25) is 5.95 Å². The number of amides is 1. The van der Waals surface area contributed by atoms with E-state index in [1.807, 2.05) is 24.3 Å². The molecule has 0 fully saturated rings. The van der Waals surface area contributed by atoms with Crippen LogP contribution in [0.15, 0.2) is 106 Å². The number of nitrogens with one attached hydrogen (secondary N) is 2. The smallest absolute Gasteiger partial charge is 0.275 e. The number of anilines is 1.